The predicted octanol–water partition coefficient (Wildman–Crippen LogP) is 4.20. The molecule has 1 aliphatic heterocycles. The Hall–Kier alpha value is -2.67. The topological polar surface area (TPSA) is 58.4 Å². The zero-order valence-electron chi connectivity index (χ0n) is 17.8. The Morgan fingerprint density at radius 2 is 1.84 bits per heavy atom. The van der Waals surface area contributed by atoms with Gasteiger partial charge in [0.2, 0.25) is 5.91 Å². The number of carbonyl (C=O) groups is 1. The molecule has 31 heavy (non-hydrogen) atoms. The minimum absolute atomic E-state index is 0.00125. The molecule has 0 spiro atoms. The van der Waals surface area contributed by atoms with Crippen LogP contribution in [0.2, 0.25) is 0 Å². The molecule has 0 radical (unpaired) electrons. The van der Waals surface area contributed by atoms with Gasteiger partial charge in [-0.15, -0.1) is 0 Å². The summed E-state index contributed by atoms with van der Waals surface area (Å²) >= 11 is 3.39. The second-order valence-corrected chi connectivity index (χ2v) is 9.03. The van der Waals surface area contributed by atoms with Gasteiger partial charge in [0.15, 0.2) is 0 Å². The molecule has 2 aromatic carbocycles. The van der Waals surface area contributed by atoms with Gasteiger partial charge in [-0.05, 0) is 55.2 Å². The number of anilines is 1. The molecule has 1 aliphatic rings. The van der Waals surface area contributed by atoms with E-state index in [0.29, 0.717) is 24.0 Å². The molecule has 0 aliphatic carbocycles. The fourth-order valence-corrected chi connectivity index (χ4v) is 4.38. The fourth-order valence-electron chi connectivity index (χ4n) is 4.02. The van der Waals surface area contributed by atoms with E-state index in [2.05, 4.69) is 50.1 Å². The van der Waals surface area contributed by atoms with Crippen molar-refractivity contribution >= 4 is 38.4 Å². The van der Waals surface area contributed by atoms with Gasteiger partial charge in [-0.3, -0.25) is 14.2 Å². The molecular weight excluding hydrogens is 456 g/mol. The number of aryl methyl sites for hydroxylation is 1. The molecule has 3 aromatic rings. The highest BCUT2D eigenvalue weighted by Gasteiger charge is 2.13. The zero-order valence-corrected chi connectivity index (χ0v) is 19.3. The van der Waals surface area contributed by atoms with Gasteiger partial charge in [0.1, 0.15) is 0 Å². The van der Waals surface area contributed by atoms with Crippen LogP contribution in [0.3, 0.4) is 0 Å². The Balaban J connectivity index is 1.35. The van der Waals surface area contributed by atoms with Gasteiger partial charge in [-0.1, -0.05) is 28.1 Å². The first-order valence-electron chi connectivity index (χ1n) is 10.7. The maximum atomic E-state index is 12.7. The quantitative estimate of drug-likeness (QED) is 0.528. The molecule has 162 valence electrons. The number of rotatable bonds is 6. The van der Waals surface area contributed by atoms with Crippen molar-refractivity contribution < 1.29 is 4.79 Å². The van der Waals surface area contributed by atoms with Crippen LogP contribution in [0.4, 0.5) is 5.69 Å². The van der Waals surface area contributed by atoms with Crippen LogP contribution in [-0.4, -0.2) is 40.5 Å². The Kier molecular flexibility index (Phi) is 6.70. The van der Waals surface area contributed by atoms with Gasteiger partial charge in [-0.25, -0.2) is 4.98 Å². The van der Waals surface area contributed by atoms with Crippen LogP contribution in [0.1, 0.15) is 31.2 Å². The minimum atomic E-state index is -0.130. The number of piperidine rings is 1. The van der Waals surface area contributed by atoms with E-state index in [1.807, 2.05) is 6.07 Å². The summed E-state index contributed by atoms with van der Waals surface area (Å²) in [6.07, 6.45) is 5.60. The number of amides is 1. The number of benzene rings is 2. The molecule has 1 fully saturated rings. The number of hydrogen-bond acceptors (Lipinski definition) is 4. The summed E-state index contributed by atoms with van der Waals surface area (Å²) in [6.45, 7) is 3.11. The van der Waals surface area contributed by atoms with E-state index < -0.39 is 0 Å². The Labute approximate surface area is 190 Å². The van der Waals surface area contributed by atoms with Gasteiger partial charge in [0.25, 0.3) is 5.56 Å². The van der Waals surface area contributed by atoms with Crippen LogP contribution >= 0.6 is 15.9 Å². The summed E-state index contributed by atoms with van der Waals surface area (Å²) in [6, 6.07) is 13.9. The van der Waals surface area contributed by atoms with Crippen LogP contribution in [0.15, 0.2) is 58.1 Å². The summed E-state index contributed by atoms with van der Waals surface area (Å²) in [7, 11) is 1.80. The molecule has 0 bridgehead atoms. The Morgan fingerprint density at radius 3 is 2.58 bits per heavy atom. The molecule has 1 saturated heterocycles. The lowest BCUT2D eigenvalue weighted by atomic mass is 10.1. The van der Waals surface area contributed by atoms with Gasteiger partial charge in [0, 0.05) is 49.8 Å². The van der Waals surface area contributed by atoms with E-state index in [4.69, 9.17) is 0 Å². The van der Waals surface area contributed by atoms with Crippen molar-refractivity contribution in [3.05, 3.63) is 69.2 Å². The van der Waals surface area contributed by atoms with Crippen molar-refractivity contribution in [1.82, 2.24) is 14.5 Å². The third-order valence-corrected chi connectivity index (χ3v) is 6.35. The number of hydrogen-bond donors (Lipinski definition) is 0. The number of nitrogens with zero attached hydrogens (tertiary/aromatic N) is 4. The summed E-state index contributed by atoms with van der Waals surface area (Å²) in [5.74, 6) is 0.00125. The summed E-state index contributed by atoms with van der Waals surface area (Å²) < 4.78 is 2.34. The van der Waals surface area contributed by atoms with E-state index in [0.717, 1.165) is 23.1 Å². The molecule has 2 heterocycles. The largest absolute Gasteiger partial charge is 0.372 e. The third kappa shape index (κ3) is 5.15. The number of fused-ring (bicyclic) bond motifs is 1. The number of aromatic nitrogens is 2. The highest BCUT2D eigenvalue weighted by molar-refractivity contribution is 9.10. The maximum Gasteiger partial charge on any atom is 0.261 e. The van der Waals surface area contributed by atoms with E-state index in [-0.39, 0.29) is 17.9 Å². The van der Waals surface area contributed by atoms with Gasteiger partial charge >= 0.3 is 0 Å². The normalized spacial score (nSPS) is 14.1. The highest BCUT2D eigenvalue weighted by atomic mass is 79.9. The third-order valence-electron chi connectivity index (χ3n) is 5.86. The SMILES string of the molecule is CN(Cc1ccc(N2CCCCC2)cc1)C(=O)CCn1cnc2ccc(Br)cc2c1=O. The number of halogens is 1. The molecule has 1 aromatic heterocycles. The molecule has 0 unspecified atom stereocenters. The van der Waals surface area contributed by atoms with Crippen LogP contribution in [0.5, 0.6) is 0 Å². The van der Waals surface area contributed by atoms with Crippen molar-refractivity contribution in [2.75, 3.05) is 25.0 Å². The second kappa shape index (κ2) is 9.64. The summed E-state index contributed by atoms with van der Waals surface area (Å²) in [5, 5.41) is 0.548. The molecule has 0 atom stereocenters. The lowest BCUT2D eigenvalue weighted by Gasteiger charge is -2.29. The molecule has 1 amide bonds. The first-order chi connectivity index (χ1) is 15.0. The minimum Gasteiger partial charge on any atom is -0.372 e. The maximum absolute atomic E-state index is 12.7. The predicted molar refractivity (Wildman–Crippen MR) is 127 cm³/mol. The molecule has 4 rings (SSSR count). The van der Waals surface area contributed by atoms with E-state index in [9.17, 15) is 9.59 Å². The van der Waals surface area contributed by atoms with Crippen LogP contribution in [-0.2, 0) is 17.9 Å². The molecule has 0 N–H and O–H groups in total. The molecule has 6 nitrogen and oxygen atoms in total. The second-order valence-electron chi connectivity index (χ2n) is 8.12. The van der Waals surface area contributed by atoms with Crippen LogP contribution in [0, 0.1) is 0 Å². The smallest absolute Gasteiger partial charge is 0.261 e. The molecule has 0 saturated carbocycles. The van der Waals surface area contributed by atoms with Crippen molar-refractivity contribution in [2.24, 2.45) is 0 Å². The monoisotopic (exact) mass is 482 g/mol. The first kappa shape index (κ1) is 21.6. The van der Waals surface area contributed by atoms with E-state index >= 15 is 0 Å². The van der Waals surface area contributed by atoms with E-state index in [1.54, 1.807) is 24.1 Å². The standard InChI is InChI=1S/C24H27BrN4O2/c1-27(16-18-5-8-20(9-6-18)28-12-3-2-4-13-28)23(30)11-14-29-17-26-22-10-7-19(25)15-21(22)24(29)31/h5-10,15,17H,2-4,11-14,16H2,1H3. The van der Waals surface area contributed by atoms with Gasteiger partial charge in [0.05, 0.1) is 17.2 Å². The van der Waals surface area contributed by atoms with Crippen LogP contribution in [0.25, 0.3) is 10.9 Å². The van der Waals surface area contributed by atoms with Crippen molar-refractivity contribution in [2.45, 2.75) is 38.8 Å². The van der Waals surface area contributed by atoms with Crippen molar-refractivity contribution in [3.63, 3.8) is 0 Å². The van der Waals surface area contributed by atoms with Gasteiger partial charge in [-0.2, -0.15) is 0 Å². The lowest BCUT2D eigenvalue weighted by Crippen LogP contribution is -2.30. The number of carbonyl (C=O) groups excluding carboxylic acids is 1. The fraction of sp³-hybridized carbons (Fsp3) is 0.375. The zero-order chi connectivity index (χ0) is 21.8. The summed E-state index contributed by atoms with van der Waals surface area (Å²) in [4.78, 5) is 33.8. The van der Waals surface area contributed by atoms with Crippen molar-refractivity contribution in [3.8, 4) is 0 Å². The lowest BCUT2D eigenvalue weighted by molar-refractivity contribution is -0.130. The average Bonchev–Trinajstić information content (AvgIpc) is 2.80. The van der Waals surface area contributed by atoms with E-state index in [1.165, 1.54) is 35.8 Å². The Morgan fingerprint density at radius 1 is 1.10 bits per heavy atom. The molecular formula is C24H27BrN4O2. The van der Waals surface area contributed by atoms with Crippen molar-refractivity contribution in [1.29, 1.82) is 0 Å². The first-order valence-corrected chi connectivity index (χ1v) is 11.5. The average molecular weight is 483 g/mol. The molecule has 7 heteroatoms. The highest BCUT2D eigenvalue weighted by Crippen LogP contribution is 2.21. The van der Waals surface area contributed by atoms with Crippen LogP contribution < -0.4 is 10.5 Å². The van der Waals surface area contributed by atoms with Gasteiger partial charge < -0.3 is 9.80 Å². The summed E-state index contributed by atoms with van der Waals surface area (Å²) in [5.41, 5.74) is 2.88. The Bertz CT molecular complexity index is 1120.